The van der Waals surface area contributed by atoms with Gasteiger partial charge in [-0.1, -0.05) is 40.5 Å². The first kappa shape index (κ1) is 12.3. The minimum absolute atomic E-state index is 0.446. The largest absolute Gasteiger partial charge is 0.398 e. The van der Waals surface area contributed by atoms with Crippen LogP contribution in [0, 0.1) is 6.92 Å². The van der Waals surface area contributed by atoms with Crippen molar-refractivity contribution in [1.82, 2.24) is 5.16 Å². The summed E-state index contributed by atoms with van der Waals surface area (Å²) in [6, 6.07) is 9.16. The summed E-state index contributed by atoms with van der Waals surface area (Å²) in [5.74, 6) is 0. The Morgan fingerprint density at radius 1 is 1.16 bits per heavy atom. The highest BCUT2D eigenvalue weighted by molar-refractivity contribution is 6.38. The molecule has 1 heterocycles. The van der Waals surface area contributed by atoms with Gasteiger partial charge in [-0.15, -0.1) is 0 Å². The Kier molecular flexibility index (Phi) is 2.88. The molecule has 0 amide bonds. The van der Waals surface area contributed by atoms with Crippen LogP contribution in [0.5, 0.6) is 0 Å². The number of hydrogen-bond acceptors (Lipinski definition) is 3. The molecule has 2 aromatic carbocycles. The number of benzene rings is 2. The summed E-state index contributed by atoms with van der Waals surface area (Å²) in [4.78, 5) is 0. The van der Waals surface area contributed by atoms with E-state index in [4.69, 9.17) is 33.5 Å². The number of rotatable bonds is 1. The fourth-order valence-corrected chi connectivity index (χ4v) is 2.49. The lowest BCUT2D eigenvalue weighted by atomic mass is 10.0. The number of hydrogen-bond donors (Lipinski definition) is 1. The van der Waals surface area contributed by atoms with E-state index in [1.165, 1.54) is 0 Å². The summed E-state index contributed by atoms with van der Waals surface area (Å²) in [7, 11) is 0. The van der Waals surface area contributed by atoms with E-state index in [-0.39, 0.29) is 0 Å². The predicted molar refractivity (Wildman–Crippen MR) is 78.6 cm³/mol. The Bertz CT molecular complexity index is 780. The molecule has 0 atom stereocenters. The summed E-state index contributed by atoms with van der Waals surface area (Å²) in [5.41, 5.74) is 9.74. The van der Waals surface area contributed by atoms with Crippen LogP contribution in [0.1, 0.15) is 5.56 Å². The van der Waals surface area contributed by atoms with Gasteiger partial charge in [0.25, 0.3) is 0 Å². The average molecular weight is 293 g/mol. The normalized spacial score (nSPS) is 11.1. The zero-order valence-corrected chi connectivity index (χ0v) is 11.6. The maximum Gasteiger partial charge on any atom is 0.186 e. The van der Waals surface area contributed by atoms with Crippen molar-refractivity contribution in [3.63, 3.8) is 0 Å². The first-order valence-electron chi connectivity index (χ1n) is 5.67. The van der Waals surface area contributed by atoms with Gasteiger partial charge in [-0.3, -0.25) is 0 Å². The summed E-state index contributed by atoms with van der Waals surface area (Å²) in [5, 5.41) is 5.83. The number of fused-ring (bicyclic) bond motifs is 1. The molecule has 3 nitrogen and oxygen atoms in total. The van der Waals surface area contributed by atoms with Crippen LogP contribution in [0.3, 0.4) is 0 Å². The van der Waals surface area contributed by atoms with Crippen LogP contribution >= 0.6 is 23.2 Å². The fraction of sp³-hybridized carbons (Fsp3) is 0.0714. The quantitative estimate of drug-likeness (QED) is 0.662. The molecule has 96 valence electrons. The van der Waals surface area contributed by atoms with E-state index in [1.54, 1.807) is 12.1 Å². The van der Waals surface area contributed by atoms with Crippen molar-refractivity contribution in [2.45, 2.75) is 6.92 Å². The zero-order valence-electron chi connectivity index (χ0n) is 10.1. The molecule has 3 aromatic rings. The van der Waals surface area contributed by atoms with Crippen molar-refractivity contribution in [3.8, 4) is 11.3 Å². The minimum Gasteiger partial charge on any atom is -0.398 e. The molecule has 0 aliphatic carbocycles. The van der Waals surface area contributed by atoms with Gasteiger partial charge in [-0.25, -0.2) is 0 Å². The molecule has 2 N–H and O–H groups in total. The molecular weight excluding hydrogens is 283 g/mol. The molecule has 0 radical (unpaired) electrons. The lowest BCUT2D eigenvalue weighted by molar-refractivity contribution is 0.459. The van der Waals surface area contributed by atoms with Crippen LogP contribution in [0.4, 0.5) is 5.69 Å². The van der Waals surface area contributed by atoms with E-state index in [0.29, 0.717) is 27.0 Å². The van der Waals surface area contributed by atoms with Crippen LogP contribution in [0.25, 0.3) is 22.2 Å². The first-order valence-corrected chi connectivity index (χ1v) is 6.43. The maximum atomic E-state index is 6.08. The van der Waals surface area contributed by atoms with Crippen LogP contribution < -0.4 is 5.73 Å². The van der Waals surface area contributed by atoms with Crippen LogP contribution in [0.2, 0.25) is 10.0 Å². The number of aryl methyl sites for hydroxylation is 1. The number of aromatic nitrogens is 1. The molecule has 3 rings (SSSR count). The van der Waals surface area contributed by atoms with Gasteiger partial charge in [0.15, 0.2) is 5.58 Å². The number of nitrogen functional groups attached to an aromatic ring is 1. The number of halogens is 2. The van der Waals surface area contributed by atoms with E-state index < -0.39 is 0 Å². The average Bonchev–Trinajstić information content (AvgIpc) is 2.76. The van der Waals surface area contributed by atoms with Crippen molar-refractivity contribution in [3.05, 3.63) is 45.9 Å². The van der Waals surface area contributed by atoms with Crippen molar-refractivity contribution in [2.75, 3.05) is 5.73 Å². The Balaban J connectivity index is 2.28. The fourth-order valence-electron chi connectivity index (χ4n) is 1.97. The molecule has 0 aliphatic heterocycles. The SMILES string of the molecule is Cc1ccc(-c2noc3c(Cl)cc(Cl)cc23)cc1N. The summed E-state index contributed by atoms with van der Waals surface area (Å²) in [6.07, 6.45) is 0. The Hall–Kier alpha value is -1.71. The molecule has 0 fully saturated rings. The van der Waals surface area contributed by atoms with Gasteiger partial charge in [0.05, 0.1) is 10.4 Å². The van der Waals surface area contributed by atoms with Gasteiger partial charge in [0, 0.05) is 16.3 Å². The Morgan fingerprint density at radius 2 is 1.95 bits per heavy atom. The lowest BCUT2D eigenvalue weighted by Gasteiger charge is -2.02. The number of nitrogens with zero attached hydrogens (tertiary/aromatic N) is 1. The summed E-state index contributed by atoms with van der Waals surface area (Å²) >= 11 is 12.1. The van der Waals surface area contributed by atoms with Crippen molar-refractivity contribution in [1.29, 1.82) is 0 Å². The third-order valence-electron chi connectivity index (χ3n) is 3.04. The molecule has 1 aromatic heterocycles. The van der Waals surface area contributed by atoms with Crippen molar-refractivity contribution in [2.24, 2.45) is 0 Å². The van der Waals surface area contributed by atoms with Gasteiger partial charge in [-0.2, -0.15) is 0 Å². The first-order chi connectivity index (χ1) is 9.06. The molecule has 0 saturated carbocycles. The Labute approximate surface area is 119 Å². The molecule has 5 heteroatoms. The molecule has 0 saturated heterocycles. The van der Waals surface area contributed by atoms with Gasteiger partial charge < -0.3 is 10.3 Å². The summed E-state index contributed by atoms with van der Waals surface area (Å²) in [6.45, 7) is 1.95. The van der Waals surface area contributed by atoms with Crippen molar-refractivity contribution < 1.29 is 4.52 Å². The van der Waals surface area contributed by atoms with E-state index in [2.05, 4.69) is 5.16 Å². The molecule has 0 bridgehead atoms. The smallest absolute Gasteiger partial charge is 0.186 e. The molecule has 0 spiro atoms. The Morgan fingerprint density at radius 3 is 2.68 bits per heavy atom. The topological polar surface area (TPSA) is 52.0 Å². The second-order valence-corrected chi connectivity index (χ2v) is 5.21. The highest BCUT2D eigenvalue weighted by Crippen LogP contribution is 2.35. The minimum atomic E-state index is 0.446. The molecular formula is C14H10Cl2N2O. The predicted octanol–water partition coefficient (Wildman–Crippen LogP) is 4.69. The highest BCUT2D eigenvalue weighted by atomic mass is 35.5. The van der Waals surface area contributed by atoms with E-state index in [1.807, 2.05) is 25.1 Å². The van der Waals surface area contributed by atoms with Crippen LogP contribution in [0.15, 0.2) is 34.9 Å². The molecule has 0 unspecified atom stereocenters. The van der Waals surface area contributed by atoms with Crippen molar-refractivity contribution >= 4 is 39.9 Å². The standard InChI is InChI=1S/C14H10Cl2N2O/c1-7-2-3-8(4-12(7)17)13-10-5-9(15)6-11(16)14(10)19-18-13/h2-6H,17H2,1H3. The van der Waals surface area contributed by atoms with E-state index in [0.717, 1.165) is 16.5 Å². The van der Waals surface area contributed by atoms with Gasteiger partial charge in [0.2, 0.25) is 0 Å². The second kappa shape index (κ2) is 4.44. The van der Waals surface area contributed by atoms with Gasteiger partial charge >= 0.3 is 0 Å². The van der Waals surface area contributed by atoms with E-state index >= 15 is 0 Å². The van der Waals surface area contributed by atoms with Gasteiger partial charge in [0.1, 0.15) is 5.69 Å². The highest BCUT2D eigenvalue weighted by Gasteiger charge is 2.14. The van der Waals surface area contributed by atoms with E-state index in [9.17, 15) is 0 Å². The van der Waals surface area contributed by atoms with Crippen LogP contribution in [-0.4, -0.2) is 5.16 Å². The monoisotopic (exact) mass is 292 g/mol. The third kappa shape index (κ3) is 2.05. The molecule has 19 heavy (non-hydrogen) atoms. The van der Waals surface area contributed by atoms with Crippen LogP contribution in [-0.2, 0) is 0 Å². The molecule has 0 aliphatic rings. The lowest BCUT2D eigenvalue weighted by Crippen LogP contribution is -1.90. The number of nitrogens with two attached hydrogens (primary N) is 1. The second-order valence-electron chi connectivity index (χ2n) is 4.37. The third-order valence-corrected chi connectivity index (χ3v) is 3.54. The maximum absolute atomic E-state index is 6.08. The number of anilines is 1. The van der Waals surface area contributed by atoms with Gasteiger partial charge in [-0.05, 0) is 30.7 Å². The zero-order chi connectivity index (χ0) is 13.6. The summed E-state index contributed by atoms with van der Waals surface area (Å²) < 4.78 is 5.28.